The fourth-order valence-electron chi connectivity index (χ4n) is 1.83. The largest absolute Gasteiger partial charge is 0.276 e. The summed E-state index contributed by atoms with van der Waals surface area (Å²) in [5.41, 5.74) is 2.07. The topological polar surface area (TPSA) is 30.0 Å². The Morgan fingerprint density at radius 2 is 1.90 bits per heavy atom. The van der Waals surface area contributed by atoms with Crippen LogP contribution in [-0.2, 0) is 0 Å². The van der Waals surface area contributed by atoms with E-state index in [4.69, 9.17) is 34.8 Å². The molecule has 0 saturated carbocycles. The second-order valence-electron chi connectivity index (χ2n) is 4.10. The average Bonchev–Trinajstić information content (AvgIpc) is 2.80. The number of thiazole rings is 1. The van der Waals surface area contributed by atoms with Crippen LogP contribution in [-0.4, -0.2) is 10.2 Å². The summed E-state index contributed by atoms with van der Waals surface area (Å²) < 4.78 is 0.887. The molecule has 0 fully saturated rings. The van der Waals surface area contributed by atoms with Crippen molar-refractivity contribution in [3.63, 3.8) is 0 Å². The van der Waals surface area contributed by atoms with Crippen LogP contribution in [0.15, 0.2) is 36.4 Å². The molecule has 0 aliphatic heterocycles. The van der Waals surface area contributed by atoms with Crippen molar-refractivity contribution in [2.24, 2.45) is 0 Å². The van der Waals surface area contributed by atoms with Crippen molar-refractivity contribution in [1.29, 1.82) is 0 Å². The number of fused-ring (bicyclic) bond motifs is 1. The summed E-state index contributed by atoms with van der Waals surface area (Å²) in [5, 5.41) is 1.42. The van der Waals surface area contributed by atoms with Gasteiger partial charge in [0.25, 0.3) is 5.24 Å². The maximum absolute atomic E-state index is 11.2. The van der Waals surface area contributed by atoms with Crippen molar-refractivity contribution < 1.29 is 4.79 Å². The molecular weight excluding hydrogens is 337 g/mol. The van der Waals surface area contributed by atoms with Crippen LogP contribution in [0.5, 0.6) is 0 Å². The highest BCUT2D eigenvalue weighted by molar-refractivity contribution is 7.21. The van der Waals surface area contributed by atoms with Gasteiger partial charge in [-0.3, -0.25) is 4.79 Å². The van der Waals surface area contributed by atoms with E-state index in [9.17, 15) is 4.79 Å². The molecule has 3 aromatic rings. The number of benzene rings is 2. The monoisotopic (exact) mass is 341 g/mol. The summed E-state index contributed by atoms with van der Waals surface area (Å²) in [5.74, 6) is 0. The Balaban J connectivity index is 2.15. The molecule has 0 aliphatic carbocycles. The van der Waals surface area contributed by atoms with E-state index in [-0.39, 0.29) is 0 Å². The predicted molar refractivity (Wildman–Crippen MR) is 85.3 cm³/mol. The zero-order chi connectivity index (χ0) is 14.3. The van der Waals surface area contributed by atoms with Gasteiger partial charge in [0.2, 0.25) is 0 Å². The van der Waals surface area contributed by atoms with Gasteiger partial charge in [0.15, 0.2) is 0 Å². The first-order chi connectivity index (χ1) is 9.54. The normalized spacial score (nSPS) is 10.9. The molecule has 0 atom stereocenters. The lowest BCUT2D eigenvalue weighted by Gasteiger charge is -1.99. The lowest BCUT2D eigenvalue weighted by atomic mass is 10.2. The number of nitrogens with zero attached hydrogens (tertiary/aromatic N) is 1. The lowest BCUT2D eigenvalue weighted by molar-refractivity contribution is 0.108. The molecule has 2 aromatic carbocycles. The van der Waals surface area contributed by atoms with Gasteiger partial charge in [-0.15, -0.1) is 11.3 Å². The van der Waals surface area contributed by atoms with Crippen LogP contribution < -0.4 is 0 Å². The van der Waals surface area contributed by atoms with E-state index in [1.807, 2.05) is 6.07 Å². The summed E-state index contributed by atoms with van der Waals surface area (Å²) in [6, 6.07) is 10.4. The third-order valence-electron chi connectivity index (χ3n) is 2.78. The van der Waals surface area contributed by atoms with Gasteiger partial charge in [0.05, 0.1) is 15.2 Å². The van der Waals surface area contributed by atoms with Crippen molar-refractivity contribution in [3.05, 3.63) is 52.0 Å². The van der Waals surface area contributed by atoms with Crippen LogP contribution in [0.25, 0.3) is 20.8 Å². The van der Waals surface area contributed by atoms with E-state index in [2.05, 4.69) is 4.98 Å². The maximum atomic E-state index is 11.2. The van der Waals surface area contributed by atoms with Crippen molar-refractivity contribution in [1.82, 2.24) is 4.98 Å². The summed E-state index contributed by atoms with van der Waals surface area (Å²) >= 11 is 19.0. The quantitative estimate of drug-likeness (QED) is 0.563. The zero-order valence-electron chi connectivity index (χ0n) is 9.86. The van der Waals surface area contributed by atoms with Crippen LogP contribution in [0.2, 0.25) is 10.0 Å². The first-order valence-corrected chi connectivity index (χ1v) is 7.55. The first kappa shape index (κ1) is 13.8. The molecule has 6 heteroatoms. The van der Waals surface area contributed by atoms with E-state index >= 15 is 0 Å². The van der Waals surface area contributed by atoms with Gasteiger partial charge in [-0.05, 0) is 48.0 Å². The third kappa shape index (κ3) is 2.54. The maximum Gasteiger partial charge on any atom is 0.252 e. The summed E-state index contributed by atoms with van der Waals surface area (Å²) in [7, 11) is 0. The highest BCUT2D eigenvalue weighted by atomic mass is 35.5. The molecule has 0 bridgehead atoms. The number of hydrogen-bond donors (Lipinski definition) is 0. The second-order valence-corrected chi connectivity index (χ2v) is 6.32. The fraction of sp³-hybridized carbons (Fsp3) is 0. The van der Waals surface area contributed by atoms with Crippen molar-refractivity contribution in [2.45, 2.75) is 0 Å². The van der Waals surface area contributed by atoms with E-state index < -0.39 is 5.24 Å². The van der Waals surface area contributed by atoms with Crippen molar-refractivity contribution >= 4 is 61.6 Å². The molecule has 0 aliphatic rings. The number of carbonyl (C=O) groups excluding carboxylic acids is 1. The number of hydrogen-bond acceptors (Lipinski definition) is 3. The van der Waals surface area contributed by atoms with Gasteiger partial charge < -0.3 is 0 Å². The minimum atomic E-state index is -0.480. The predicted octanol–water partition coefficient (Wildman–Crippen LogP) is 5.65. The standard InChI is InChI=1S/C14H6Cl3NOS/c15-8-2-3-9(10(16)6-8)14-18-11-4-1-7(13(17)19)5-12(11)20-14/h1-6H. The van der Waals surface area contributed by atoms with Gasteiger partial charge in [-0.25, -0.2) is 4.98 Å². The Morgan fingerprint density at radius 3 is 2.60 bits per heavy atom. The first-order valence-electron chi connectivity index (χ1n) is 5.60. The smallest absolute Gasteiger partial charge is 0.252 e. The average molecular weight is 343 g/mol. The Kier molecular flexibility index (Phi) is 3.69. The highest BCUT2D eigenvalue weighted by Crippen LogP contribution is 2.35. The molecule has 3 rings (SSSR count). The molecular formula is C14H6Cl3NOS. The number of carbonyl (C=O) groups is 1. The molecule has 0 amide bonds. The summed E-state index contributed by atoms with van der Waals surface area (Å²) in [4.78, 5) is 15.7. The third-order valence-corrected chi connectivity index (χ3v) is 4.59. The number of aromatic nitrogens is 1. The summed E-state index contributed by atoms with van der Waals surface area (Å²) in [6.07, 6.45) is 0. The highest BCUT2D eigenvalue weighted by Gasteiger charge is 2.11. The zero-order valence-corrected chi connectivity index (χ0v) is 12.9. The van der Waals surface area contributed by atoms with Gasteiger partial charge in [0, 0.05) is 16.1 Å². The second kappa shape index (κ2) is 5.34. The Morgan fingerprint density at radius 1 is 1.10 bits per heavy atom. The van der Waals surface area contributed by atoms with E-state index in [1.54, 1.807) is 30.3 Å². The van der Waals surface area contributed by atoms with Gasteiger partial charge in [0.1, 0.15) is 5.01 Å². The number of halogens is 3. The van der Waals surface area contributed by atoms with Crippen molar-refractivity contribution in [2.75, 3.05) is 0 Å². The van der Waals surface area contributed by atoms with E-state index in [0.29, 0.717) is 15.6 Å². The molecule has 0 radical (unpaired) electrons. The minimum absolute atomic E-state index is 0.455. The Bertz CT molecular complexity index is 828. The van der Waals surface area contributed by atoms with Gasteiger partial charge >= 0.3 is 0 Å². The molecule has 0 N–H and O–H groups in total. The molecule has 20 heavy (non-hydrogen) atoms. The van der Waals surface area contributed by atoms with Gasteiger partial charge in [-0.2, -0.15) is 0 Å². The Hall–Kier alpha value is -1.13. The summed E-state index contributed by atoms with van der Waals surface area (Å²) in [6.45, 7) is 0. The van der Waals surface area contributed by atoms with Gasteiger partial charge in [-0.1, -0.05) is 23.2 Å². The molecule has 0 unspecified atom stereocenters. The van der Waals surface area contributed by atoms with Crippen LogP contribution in [0, 0.1) is 0 Å². The van der Waals surface area contributed by atoms with Crippen molar-refractivity contribution in [3.8, 4) is 10.6 Å². The molecule has 100 valence electrons. The molecule has 2 nitrogen and oxygen atoms in total. The van der Waals surface area contributed by atoms with Crippen LogP contribution in [0.3, 0.4) is 0 Å². The lowest BCUT2D eigenvalue weighted by Crippen LogP contribution is -1.86. The molecule has 1 heterocycles. The van der Waals surface area contributed by atoms with E-state index in [0.717, 1.165) is 20.8 Å². The van der Waals surface area contributed by atoms with Crippen LogP contribution in [0.1, 0.15) is 10.4 Å². The SMILES string of the molecule is O=C(Cl)c1ccc2nc(-c3ccc(Cl)cc3Cl)sc2c1. The Labute approximate surface area is 133 Å². The molecule has 0 saturated heterocycles. The molecule has 1 aromatic heterocycles. The van der Waals surface area contributed by atoms with E-state index in [1.165, 1.54) is 11.3 Å². The molecule has 0 spiro atoms. The number of rotatable bonds is 2. The fourth-order valence-corrected chi connectivity index (χ4v) is 3.54. The van der Waals surface area contributed by atoms with Crippen LogP contribution >= 0.6 is 46.1 Å². The van der Waals surface area contributed by atoms with Crippen LogP contribution in [0.4, 0.5) is 0 Å². The minimum Gasteiger partial charge on any atom is -0.276 e.